The predicted octanol–water partition coefficient (Wildman–Crippen LogP) is 4.72. The number of carbonyl (C=O) groups excluding carboxylic acids is 1. The molecular weight excluding hydrogens is 364 g/mol. The minimum absolute atomic E-state index is 0.321. The van der Waals surface area contributed by atoms with Gasteiger partial charge in [-0.3, -0.25) is 15.0 Å². The molecule has 0 aliphatic rings. The number of hydrogen-bond acceptors (Lipinski definition) is 5. The van der Waals surface area contributed by atoms with Crippen LogP contribution in [0.2, 0.25) is 0 Å². The molecule has 0 fully saturated rings. The fourth-order valence-electron chi connectivity index (χ4n) is 2.70. The number of carbonyl (C=O) groups is 2. The number of nitro groups is 1. The number of carboxylic acid groups (broad SMARTS) is 1. The number of carboxylic acids is 1. The monoisotopic (exact) mass is 386 g/mol. The molecule has 0 aliphatic carbocycles. The molecule has 28 heavy (non-hydrogen) atoms. The van der Waals surface area contributed by atoms with Crippen molar-refractivity contribution in [2.24, 2.45) is 0 Å². The summed E-state index contributed by atoms with van der Waals surface area (Å²) in [6.07, 6.45) is -0.542. The first-order valence-electron chi connectivity index (χ1n) is 8.66. The first-order chi connectivity index (χ1) is 13.0. The number of para-hydroxylation sites is 1. The summed E-state index contributed by atoms with van der Waals surface area (Å²) in [4.78, 5) is 35.9. The largest absolute Gasteiger partial charge is 0.477 e. The molecule has 2 aromatic rings. The lowest BCUT2D eigenvalue weighted by molar-refractivity contribution is -0.385. The Labute approximate surface area is 162 Å². The molecule has 2 rings (SSSR count). The summed E-state index contributed by atoms with van der Waals surface area (Å²) >= 11 is 0. The number of ether oxygens (including phenoxy) is 1. The Balaban J connectivity index is 2.57. The SMILES string of the molecule is CCN(C(=O)OC(C)(C)C)c1ccccc1-c1ccc(C(=O)O)c([N+](=O)[O-])c1. The van der Waals surface area contributed by atoms with Crippen LogP contribution in [0.3, 0.4) is 0 Å². The minimum atomic E-state index is -1.38. The van der Waals surface area contributed by atoms with Gasteiger partial charge >= 0.3 is 12.1 Å². The maximum absolute atomic E-state index is 12.6. The number of benzene rings is 2. The Morgan fingerprint density at radius 2 is 1.82 bits per heavy atom. The maximum atomic E-state index is 12.6. The zero-order valence-electron chi connectivity index (χ0n) is 16.1. The topological polar surface area (TPSA) is 110 Å². The number of nitro benzene ring substituents is 1. The van der Waals surface area contributed by atoms with E-state index in [1.807, 2.05) is 0 Å². The molecule has 1 amide bonds. The highest BCUT2D eigenvalue weighted by Gasteiger charge is 2.26. The number of anilines is 1. The molecule has 0 saturated carbocycles. The number of hydrogen-bond donors (Lipinski definition) is 1. The van der Waals surface area contributed by atoms with Gasteiger partial charge in [-0.15, -0.1) is 0 Å². The number of nitrogens with zero attached hydrogens (tertiary/aromatic N) is 2. The van der Waals surface area contributed by atoms with E-state index in [0.29, 0.717) is 23.4 Å². The van der Waals surface area contributed by atoms with Gasteiger partial charge < -0.3 is 9.84 Å². The Kier molecular flexibility index (Phi) is 6.03. The molecule has 8 heteroatoms. The first-order valence-corrected chi connectivity index (χ1v) is 8.66. The fraction of sp³-hybridized carbons (Fsp3) is 0.300. The third-order valence-electron chi connectivity index (χ3n) is 3.86. The molecule has 0 aliphatic heterocycles. The van der Waals surface area contributed by atoms with E-state index in [9.17, 15) is 19.7 Å². The normalized spacial score (nSPS) is 11.0. The van der Waals surface area contributed by atoms with E-state index in [-0.39, 0.29) is 0 Å². The maximum Gasteiger partial charge on any atom is 0.414 e. The molecule has 8 nitrogen and oxygen atoms in total. The Morgan fingerprint density at radius 3 is 2.36 bits per heavy atom. The van der Waals surface area contributed by atoms with Gasteiger partial charge in [0.2, 0.25) is 0 Å². The highest BCUT2D eigenvalue weighted by Crippen LogP contribution is 2.34. The summed E-state index contributed by atoms with van der Waals surface area (Å²) in [6, 6.07) is 10.8. The fourth-order valence-corrected chi connectivity index (χ4v) is 2.70. The molecule has 0 heterocycles. The van der Waals surface area contributed by atoms with Crippen molar-refractivity contribution in [3.05, 3.63) is 58.1 Å². The second-order valence-electron chi connectivity index (χ2n) is 7.04. The van der Waals surface area contributed by atoms with Crippen LogP contribution < -0.4 is 4.90 Å². The van der Waals surface area contributed by atoms with Crippen molar-refractivity contribution in [1.82, 2.24) is 0 Å². The second-order valence-corrected chi connectivity index (χ2v) is 7.04. The summed E-state index contributed by atoms with van der Waals surface area (Å²) in [6.45, 7) is 7.40. The first kappa shape index (κ1) is 20.9. The Bertz CT molecular complexity index is 917. The molecule has 0 radical (unpaired) electrons. The molecule has 148 valence electrons. The Morgan fingerprint density at radius 1 is 1.18 bits per heavy atom. The van der Waals surface area contributed by atoms with Gasteiger partial charge in [0.25, 0.3) is 5.69 Å². The lowest BCUT2D eigenvalue weighted by atomic mass is 10.00. The average molecular weight is 386 g/mol. The van der Waals surface area contributed by atoms with E-state index in [2.05, 4.69) is 0 Å². The van der Waals surface area contributed by atoms with E-state index in [4.69, 9.17) is 9.84 Å². The van der Waals surface area contributed by atoms with E-state index < -0.39 is 33.8 Å². The zero-order chi connectivity index (χ0) is 21.1. The van der Waals surface area contributed by atoms with Gasteiger partial charge in [-0.05, 0) is 45.4 Å². The van der Waals surface area contributed by atoms with Crippen molar-refractivity contribution in [3.8, 4) is 11.1 Å². The molecule has 0 atom stereocenters. The van der Waals surface area contributed by atoms with Gasteiger partial charge in [-0.1, -0.05) is 24.3 Å². The van der Waals surface area contributed by atoms with E-state index in [1.165, 1.54) is 23.1 Å². The van der Waals surface area contributed by atoms with Crippen LogP contribution in [0.15, 0.2) is 42.5 Å². The van der Waals surface area contributed by atoms with Crippen LogP contribution in [-0.4, -0.2) is 34.2 Å². The lowest BCUT2D eigenvalue weighted by Gasteiger charge is -2.28. The van der Waals surface area contributed by atoms with E-state index in [1.54, 1.807) is 52.0 Å². The molecule has 0 spiro atoms. The minimum Gasteiger partial charge on any atom is -0.477 e. The predicted molar refractivity (Wildman–Crippen MR) is 105 cm³/mol. The standard InChI is InChI=1S/C20H22N2O6/c1-5-21(19(25)28-20(2,3)4)16-9-7-6-8-14(16)13-10-11-15(18(23)24)17(12-13)22(26)27/h6-12H,5H2,1-4H3,(H,23,24). The van der Waals surface area contributed by atoms with Crippen molar-refractivity contribution in [3.63, 3.8) is 0 Å². The van der Waals surface area contributed by atoms with Gasteiger partial charge in [0.15, 0.2) is 0 Å². The highest BCUT2D eigenvalue weighted by molar-refractivity contribution is 5.96. The quantitative estimate of drug-likeness (QED) is 0.588. The van der Waals surface area contributed by atoms with Crippen LogP contribution in [0.4, 0.5) is 16.2 Å². The average Bonchev–Trinajstić information content (AvgIpc) is 2.60. The molecule has 2 aromatic carbocycles. The summed E-state index contributed by atoms with van der Waals surface area (Å²) in [5, 5.41) is 20.5. The van der Waals surface area contributed by atoms with Crippen LogP contribution >= 0.6 is 0 Å². The van der Waals surface area contributed by atoms with Gasteiger partial charge in [0.05, 0.1) is 10.6 Å². The summed E-state index contributed by atoms with van der Waals surface area (Å²) in [5.74, 6) is -1.38. The van der Waals surface area contributed by atoms with Gasteiger partial charge in [0.1, 0.15) is 11.2 Å². The Hall–Kier alpha value is -3.42. The molecule has 0 saturated heterocycles. The highest BCUT2D eigenvalue weighted by atomic mass is 16.6. The zero-order valence-corrected chi connectivity index (χ0v) is 16.1. The smallest absolute Gasteiger partial charge is 0.414 e. The van der Waals surface area contributed by atoms with Crippen molar-refractivity contribution in [2.45, 2.75) is 33.3 Å². The third kappa shape index (κ3) is 4.64. The molecular formula is C20H22N2O6. The van der Waals surface area contributed by atoms with Crippen molar-refractivity contribution in [1.29, 1.82) is 0 Å². The van der Waals surface area contributed by atoms with Crippen molar-refractivity contribution in [2.75, 3.05) is 11.4 Å². The van der Waals surface area contributed by atoms with Crippen LogP contribution in [0, 0.1) is 10.1 Å². The molecule has 0 bridgehead atoms. The number of aromatic carboxylic acids is 1. The lowest BCUT2D eigenvalue weighted by Crippen LogP contribution is -2.37. The summed E-state index contributed by atoms with van der Waals surface area (Å²) in [7, 11) is 0. The van der Waals surface area contributed by atoms with Gasteiger partial charge in [-0.2, -0.15) is 0 Å². The number of amides is 1. The summed E-state index contributed by atoms with van der Waals surface area (Å²) in [5.41, 5.74) is -0.103. The van der Waals surface area contributed by atoms with E-state index in [0.717, 1.165) is 0 Å². The third-order valence-corrected chi connectivity index (χ3v) is 3.86. The summed E-state index contributed by atoms with van der Waals surface area (Å²) < 4.78 is 5.45. The van der Waals surface area contributed by atoms with Crippen LogP contribution in [0.25, 0.3) is 11.1 Å². The molecule has 1 N–H and O–H groups in total. The van der Waals surface area contributed by atoms with Crippen LogP contribution in [-0.2, 0) is 4.74 Å². The van der Waals surface area contributed by atoms with Gasteiger partial charge in [0, 0.05) is 18.2 Å². The number of rotatable bonds is 5. The second kappa shape index (κ2) is 8.08. The molecule has 0 unspecified atom stereocenters. The molecule has 0 aromatic heterocycles. The van der Waals surface area contributed by atoms with Crippen LogP contribution in [0.1, 0.15) is 38.1 Å². The van der Waals surface area contributed by atoms with Gasteiger partial charge in [-0.25, -0.2) is 9.59 Å². The van der Waals surface area contributed by atoms with E-state index >= 15 is 0 Å². The van der Waals surface area contributed by atoms with Crippen molar-refractivity contribution < 1.29 is 24.4 Å². The van der Waals surface area contributed by atoms with Crippen LogP contribution in [0.5, 0.6) is 0 Å². The van der Waals surface area contributed by atoms with Crippen molar-refractivity contribution >= 4 is 23.4 Å².